The molecule has 1 aliphatic heterocycles. The van der Waals surface area contributed by atoms with Crippen molar-refractivity contribution in [3.8, 4) is 0 Å². The second-order valence-electron chi connectivity index (χ2n) is 5.63. The van der Waals surface area contributed by atoms with Crippen LogP contribution in [0.5, 0.6) is 0 Å². The van der Waals surface area contributed by atoms with E-state index in [1.54, 1.807) is 16.3 Å². The van der Waals surface area contributed by atoms with Gasteiger partial charge >= 0.3 is 0 Å². The van der Waals surface area contributed by atoms with E-state index in [0.717, 1.165) is 44.2 Å². The Balaban J connectivity index is 1.64. The number of carbonyl (C=O) groups excluding carboxylic acids is 2. The smallest absolute Gasteiger partial charge is 0.247 e. The minimum atomic E-state index is -0.346. The fourth-order valence-corrected chi connectivity index (χ4v) is 5.19. The van der Waals surface area contributed by atoms with Crippen molar-refractivity contribution < 1.29 is 14.8 Å². The molecular weight excluding hydrogens is 368 g/mol. The van der Waals surface area contributed by atoms with E-state index in [1.807, 2.05) is 28.6 Å². The summed E-state index contributed by atoms with van der Waals surface area (Å²) in [4.78, 5) is 23.3. The monoisotopic (exact) mass is 388 g/mol. The highest BCUT2D eigenvalue weighted by molar-refractivity contribution is 8.77. The highest BCUT2D eigenvalue weighted by atomic mass is 35.5. The first kappa shape index (κ1) is 19.4. The van der Waals surface area contributed by atoms with Crippen LogP contribution in [-0.2, 0) is 16.0 Å². The van der Waals surface area contributed by atoms with E-state index in [0.29, 0.717) is 11.4 Å². The Bertz CT molecular complexity index is 557. The maximum atomic E-state index is 12.4. The lowest BCUT2D eigenvalue weighted by Gasteiger charge is -2.13. The lowest BCUT2D eigenvalue weighted by molar-refractivity contribution is -0.129. The molecule has 1 unspecified atom stereocenters. The predicted octanol–water partition coefficient (Wildman–Crippen LogP) is 3.85. The molecular formula is C16H21ClN2O3S2. The zero-order valence-corrected chi connectivity index (χ0v) is 15.6. The number of hydroxylamine groups is 1. The van der Waals surface area contributed by atoms with Crippen LogP contribution >= 0.6 is 33.4 Å². The van der Waals surface area contributed by atoms with Crippen LogP contribution in [0.2, 0.25) is 5.02 Å². The van der Waals surface area contributed by atoms with Gasteiger partial charge in [0.2, 0.25) is 11.8 Å². The van der Waals surface area contributed by atoms with Crippen molar-refractivity contribution in [3.63, 3.8) is 0 Å². The van der Waals surface area contributed by atoms with Crippen LogP contribution in [0, 0.1) is 0 Å². The lowest BCUT2D eigenvalue weighted by Crippen LogP contribution is -2.28. The Morgan fingerprint density at radius 3 is 2.62 bits per heavy atom. The van der Waals surface area contributed by atoms with Gasteiger partial charge in [-0.2, -0.15) is 0 Å². The number of rotatable bonds is 9. The van der Waals surface area contributed by atoms with E-state index in [1.165, 1.54) is 11.0 Å². The second kappa shape index (κ2) is 10.2. The molecule has 0 saturated carbocycles. The number of benzene rings is 1. The number of hydrogen-bond donors (Lipinski definition) is 2. The minimum absolute atomic E-state index is 0.0376. The summed E-state index contributed by atoms with van der Waals surface area (Å²) < 4.78 is 1.84. The van der Waals surface area contributed by atoms with E-state index < -0.39 is 0 Å². The van der Waals surface area contributed by atoms with E-state index >= 15 is 0 Å². The molecule has 0 radical (unpaired) electrons. The quantitative estimate of drug-likeness (QED) is 0.221. The van der Waals surface area contributed by atoms with E-state index in [2.05, 4.69) is 0 Å². The summed E-state index contributed by atoms with van der Waals surface area (Å²) >= 11 is 5.88. The van der Waals surface area contributed by atoms with Crippen LogP contribution in [0.25, 0.3) is 0 Å². The summed E-state index contributed by atoms with van der Waals surface area (Å²) in [5, 5.41) is 9.07. The van der Waals surface area contributed by atoms with Crippen LogP contribution < -0.4 is 5.48 Å². The molecule has 1 saturated heterocycles. The molecule has 5 nitrogen and oxygen atoms in total. The first-order valence-corrected chi connectivity index (χ1v) is 10.5. The van der Waals surface area contributed by atoms with Gasteiger partial charge in [0.15, 0.2) is 0 Å². The number of unbranched alkanes of at least 4 members (excludes halogenated alkanes) is 3. The van der Waals surface area contributed by atoms with Crippen LogP contribution in [-0.4, -0.2) is 33.1 Å². The molecule has 0 spiro atoms. The van der Waals surface area contributed by atoms with Gasteiger partial charge in [0.05, 0.1) is 0 Å². The summed E-state index contributed by atoms with van der Waals surface area (Å²) in [6, 6.07) is 7.63. The van der Waals surface area contributed by atoms with Crippen LogP contribution in [0.3, 0.4) is 0 Å². The van der Waals surface area contributed by atoms with Gasteiger partial charge in [-0.1, -0.05) is 47.4 Å². The standard InChI is InChI=1S/C16H21ClN2O3S2/c17-13-8-6-12(7-9-13)11-14-16(21)19(24-23-14)10-4-2-1-3-5-15(20)18-22/h6-9,14,22H,1-5,10-11H2,(H,18,20). The fourth-order valence-electron chi connectivity index (χ4n) is 2.40. The van der Waals surface area contributed by atoms with Crippen molar-refractivity contribution in [1.29, 1.82) is 0 Å². The van der Waals surface area contributed by atoms with Crippen LogP contribution in [0.4, 0.5) is 0 Å². The second-order valence-corrected chi connectivity index (χ2v) is 8.44. The normalized spacial score (nSPS) is 17.3. The molecule has 2 N–H and O–H groups in total. The van der Waals surface area contributed by atoms with Gasteiger partial charge in [0.1, 0.15) is 5.25 Å². The molecule has 132 valence electrons. The van der Waals surface area contributed by atoms with Crippen molar-refractivity contribution in [3.05, 3.63) is 34.9 Å². The molecule has 24 heavy (non-hydrogen) atoms. The molecule has 0 aliphatic carbocycles. The first-order valence-electron chi connectivity index (χ1n) is 7.92. The third-order valence-corrected chi connectivity index (χ3v) is 6.72. The fraction of sp³-hybridized carbons (Fsp3) is 0.500. The van der Waals surface area contributed by atoms with Crippen LogP contribution in [0.15, 0.2) is 24.3 Å². The zero-order chi connectivity index (χ0) is 17.4. The third kappa shape index (κ3) is 6.20. The molecule has 8 heteroatoms. The van der Waals surface area contributed by atoms with Crippen molar-refractivity contribution in [2.45, 2.75) is 43.8 Å². The molecule has 2 amide bonds. The van der Waals surface area contributed by atoms with Crippen LogP contribution in [0.1, 0.15) is 37.7 Å². The average molecular weight is 389 g/mol. The van der Waals surface area contributed by atoms with Crippen molar-refractivity contribution in [2.75, 3.05) is 6.54 Å². The molecule has 1 aromatic rings. The molecule has 1 fully saturated rings. The minimum Gasteiger partial charge on any atom is -0.289 e. The molecule has 1 atom stereocenters. The molecule has 1 aromatic carbocycles. The number of amides is 2. The Morgan fingerprint density at radius 2 is 1.92 bits per heavy atom. The topological polar surface area (TPSA) is 69.6 Å². The molecule has 1 aliphatic rings. The van der Waals surface area contributed by atoms with Gasteiger partial charge in [-0.15, -0.1) is 0 Å². The maximum Gasteiger partial charge on any atom is 0.247 e. The Labute approximate surface area is 155 Å². The highest BCUT2D eigenvalue weighted by Crippen LogP contribution is 2.41. The number of halogens is 1. The Kier molecular flexibility index (Phi) is 8.24. The first-order chi connectivity index (χ1) is 11.6. The summed E-state index contributed by atoms with van der Waals surface area (Å²) in [6.45, 7) is 0.736. The predicted molar refractivity (Wildman–Crippen MR) is 98.9 cm³/mol. The third-order valence-electron chi connectivity index (χ3n) is 3.74. The van der Waals surface area contributed by atoms with Crippen molar-refractivity contribution in [2.24, 2.45) is 0 Å². The van der Waals surface area contributed by atoms with Crippen molar-refractivity contribution in [1.82, 2.24) is 9.79 Å². The zero-order valence-electron chi connectivity index (χ0n) is 13.2. The number of carbonyl (C=O) groups is 2. The van der Waals surface area contributed by atoms with Gasteiger partial charge < -0.3 is 0 Å². The molecule has 2 rings (SSSR count). The summed E-state index contributed by atoms with van der Waals surface area (Å²) in [6.07, 6.45) is 4.62. The van der Waals surface area contributed by atoms with Gasteiger partial charge in [0, 0.05) is 29.0 Å². The van der Waals surface area contributed by atoms with E-state index in [4.69, 9.17) is 16.8 Å². The maximum absolute atomic E-state index is 12.4. The Hall–Kier alpha value is -0.890. The van der Waals surface area contributed by atoms with E-state index in [9.17, 15) is 9.59 Å². The van der Waals surface area contributed by atoms with Gasteiger partial charge in [0.25, 0.3) is 0 Å². The largest absolute Gasteiger partial charge is 0.289 e. The average Bonchev–Trinajstić information content (AvgIpc) is 2.93. The summed E-state index contributed by atoms with van der Waals surface area (Å²) in [7, 11) is 3.14. The number of nitrogens with zero attached hydrogens (tertiary/aromatic N) is 1. The highest BCUT2D eigenvalue weighted by Gasteiger charge is 2.33. The number of nitrogens with one attached hydrogen (secondary N) is 1. The van der Waals surface area contributed by atoms with E-state index in [-0.39, 0.29) is 17.1 Å². The summed E-state index contributed by atoms with van der Waals surface area (Å²) in [5.74, 6) is -0.165. The van der Waals surface area contributed by atoms with Crippen molar-refractivity contribution >= 4 is 45.2 Å². The molecule has 0 aromatic heterocycles. The Morgan fingerprint density at radius 1 is 1.21 bits per heavy atom. The van der Waals surface area contributed by atoms with Gasteiger partial charge in [-0.25, -0.2) is 5.48 Å². The SMILES string of the molecule is O=C(CCCCCCN1SSC(Cc2ccc(Cl)cc2)C1=O)NO. The molecule has 1 heterocycles. The van der Waals surface area contributed by atoms with Gasteiger partial charge in [-0.05, 0) is 37.0 Å². The van der Waals surface area contributed by atoms with Gasteiger partial charge in [-0.3, -0.25) is 19.1 Å². The lowest BCUT2D eigenvalue weighted by atomic mass is 10.1. The summed E-state index contributed by atoms with van der Waals surface area (Å²) in [5.41, 5.74) is 2.75. The number of hydrogen-bond acceptors (Lipinski definition) is 5. The molecule has 0 bridgehead atoms.